The first-order valence-electron chi connectivity index (χ1n) is 8.46. The first kappa shape index (κ1) is 19.3. The van der Waals surface area contributed by atoms with E-state index in [1.807, 2.05) is 6.92 Å². The SMILES string of the molecule is CC(NC(=O)c1ccc2c(c1)CC(C)N2S(C)(=O)=O)c1ccc(F)c(F)c1. The van der Waals surface area contributed by atoms with Crippen molar-refractivity contribution in [3.63, 3.8) is 0 Å². The van der Waals surface area contributed by atoms with Crippen molar-refractivity contribution in [2.45, 2.75) is 32.4 Å². The molecule has 2 atom stereocenters. The lowest BCUT2D eigenvalue weighted by atomic mass is 10.0. The van der Waals surface area contributed by atoms with Crippen LogP contribution in [0.1, 0.15) is 41.4 Å². The zero-order valence-corrected chi connectivity index (χ0v) is 16.0. The van der Waals surface area contributed by atoms with E-state index in [2.05, 4.69) is 5.32 Å². The van der Waals surface area contributed by atoms with Gasteiger partial charge < -0.3 is 5.32 Å². The van der Waals surface area contributed by atoms with Crippen molar-refractivity contribution in [2.24, 2.45) is 0 Å². The van der Waals surface area contributed by atoms with Crippen LogP contribution in [0.5, 0.6) is 0 Å². The van der Waals surface area contributed by atoms with E-state index in [4.69, 9.17) is 0 Å². The Labute approximate surface area is 157 Å². The van der Waals surface area contributed by atoms with Crippen LogP contribution in [0, 0.1) is 11.6 Å². The van der Waals surface area contributed by atoms with Crippen LogP contribution in [-0.4, -0.2) is 26.6 Å². The standard InChI is InChI=1S/C19H20F2N2O3S/c1-11-8-15-9-14(5-7-18(15)23(11)27(3,25)26)19(24)22-12(2)13-4-6-16(20)17(21)10-13/h4-7,9-12H,8H2,1-3H3,(H,22,24). The second kappa shape index (κ2) is 6.92. The fourth-order valence-corrected chi connectivity index (χ4v) is 4.66. The molecule has 1 amide bonds. The average Bonchev–Trinajstić information content (AvgIpc) is 2.92. The largest absolute Gasteiger partial charge is 0.346 e. The molecule has 2 aromatic rings. The maximum atomic E-state index is 13.4. The minimum atomic E-state index is -3.39. The molecule has 3 rings (SSSR count). The second-order valence-electron chi connectivity index (χ2n) is 6.82. The van der Waals surface area contributed by atoms with Crippen molar-refractivity contribution in [1.82, 2.24) is 5.32 Å². The maximum absolute atomic E-state index is 13.4. The van der Waals surface area contributed by atoms with Gasteiger partial charge in [0.25, 0.3) is 5.91 Å². The minimum Gasteiger partial charge on any atom is -0.346 e. The van der Waals surface area contributed by atoms with Crippen molar-refractivity contribution in [2.75, 3.05) is 10.6 Å². The summed E-state index contributed by atoms with van der Waals surface area (Å²) in [6, 6.07) is 7.60. The Hall–Kier alpha value is -2.48. The number of anilines is 1. The molecule has 0 aromatic heterocycles. The van der Waals surface area contributed by atoms with Gasteiger partial charge >= 0.3 is 0 Å². The Balaban J connectivity index is 1.81. The van der Waals surface area contributed by atoms with Gasteiger partial charge in [-0.15, -0.1) is 0 Å². The predicted octanol–water partition coefficient (Wildman–Crippen LogP) is 3.17. The molecule has 1 N–H and O–H groups in total. The zero-order valence-electron chi connectivity index (χ0n) is 15.2. The average molecular weight is 394 g/mol. The Morgan fingerprint density at radius 2 is 1.89 bits per heavy atom. The molecule has 0 bridgehead atoms. The van der Waals surface area contributed by atoms with Gasteiger partial charge in [-0.1, -0.05) is 6.07 Å². The van der Waals surface area contributed by atoms with Crippen LogP contribution in [0.15, 0.2) is 36.4 Å². The van der Waals surface area contributed by atoms with E-state index in [1.165, 1.54) is 10.4 Å². The molecule has 0 radical (unpaired) electrons. The molecule has 0 saturated carbocycles. The van der Waals surface area contributed by atoms with Crippen LogP contribution in [0.25, 0.3) is 0 Å². The molecule has 144 valence electrons. The lowest BCUT2D eigenvalue weighted by Crippen LogP contribution is -2.34. The van der Waals surface area contributed by atoms with E-state index in [1.54, 1.807) is 25.1 Å². The summed E-state index contributed by atoms with van der Waals surface area (Å²) in [5.41, 5.74) is 2.18. The zero-order chi connectivity index (χ0) is 19.9. The molecule has 0 saturated heterocycles. The van der Waals surface area contributed by atoms with Gasteiger partial charge in [-0.2, -0.15) is 0 Å². The molecule has 0 aliphatic carbocycles. The number of hydrogen-bond acceptors (Lipinski definition) is 3. The van der Waals surface area contributed by atoms with Gasteiger partial charge in [-0.05, 0) is 61.7 Å². The highest BCUT2D eigenvalue weighted by atomic mass is 32.2. The molecule has 8 heteroatoms. The van der Waals surface area contributed by atoms with Crippen LogP contribution in [0.3, 0.4) is 0 Å². The first-order chi connectivity index (χ1) is 12.6. The number of amides is 1. The predicted molar refractivity (Wildman–Crippen MR) is 99.2 cm³/mol. The van der Waals surface area contributed by atoms with Crippen LogP contribution in [-0.2, 0) is 16.4 Å². The highest BCUT2D eigenvalue weighted by molar-refractivity contribution is 7.92. The molecule has 2 unspecified atom stereocenters. The molecule has 1 aliphatic heterocycles. The summed E-state index contributed by atoms with van der Waals surface area (Å²) >= 11 is 0. The Morgan fingerprint density at radius 3 is 2.52 bits per heavy atom. The van der Waals surface area contributed by atoms with Crippen LogP contribution < -0.4 is 9.62 Å². The van der Waals surface area contributed by atoms with Crippen LogP contribution in [0.4, 0.5) is 14.5 Å². The topological polar surface area (TPSA) is 66.5 Å². The lowest BCUT2D eigenvalue weighted by molar-refractivity contribution is 0.0939. The molecule has 1 heterocycles. The van der Waals surface area contributed by atoms with Crippen molar-refractivity contribution < 1.29 is 22.0 Å². The van der Waals surface area contributed by atoms with Gasteiger partial charge in [0.05, 0.1) is 18.0 Å². The van der Waals surface area contributed by atoms with Gasteiger partial charge in [-0.25, -0.2) is 17.2 Å². The highest BCUT2D eigenvalue weighted by Gasteiger charge is 2.32. The molecular formula is C19H20F2N2O3S. The quantitative estimate of drug-likeness (QED) is 0.866. The van der Waals surface area contributed by atoms with Gasteiger partial charge in [0.2, 0.25) is 10.0 Å². The number of sulfonamides is 1. The third-order valence-corrected chi connectivity index (χ3v) is 5.91. The molecule has 0 fully saturated rings. The fraction of sp³-hybridized carbons (Fsp3) is 0.316. The second-order valence-corrected chi connectivity index (χ2v) is 8.68. The van der Waals surface area contributed by atoms with Gasteiger partial charge in [0, 0.05) is 11.6 Å². The lowest BCUT2D eigenvalue weighted by Gasteiger charge is -2.22. The first-order valence-corrected chi connectivity index (χ1v) is 10.3. The van der Waals surface area contributed by atoms with Crippen molar-refractivity contribution in [3.8, 4) is 0 Å². The van der Waals surface area contributed by atoms with E-state index in [0.717, 1.165) is 24.0 Å². The smallest absolute Gasteiger partial charge is 0.251 e. The maximum Gasteiger partial charge on any atom is 0.251 e. The Bertz CT molecular complexity index is 1010. The van der Waals surface area contributed by atoms with Crippen LogP contribution in [0.2, 0.25) is 0 Å². The molecule has 0 spiro atoms. The third-order valence-electron chi connectivity index (χ3n) is 4.64. The van der Waals surface area contributed by atoms with E-state index in [-0.39, 0.29) is 11.9 Å². The van der Waals surface area contributed by atoms with Gasteiger partial charge in [0.15, 0.2) is 11.6 Å². The molecular weight excluding hydrogens is 374 g/mol. The van der Waals surface area contributed by atoms with E-state index >= 15 is 0 Å². The van der Waals surface area contributed by atoms with Gasteiger partial charge in [0.1, 0.15) is 0 Å². The van der Waals surface area contributed by atoms with E-state index in [0.29, 0.717) is 23.2 Å². The number of halogens is 2. The number of carbonyl (C=O) groups excluding carboxylic acids is 1. The number of benzene rings is 2. The van der Waals surface area contributed by atoms with Crippen molar-refractivity contribution in [3.05, 3.63) is 64.7 Å². The highest BCUT2D eigenvalue weighted by Crippen LogP contribution is 2.34. The summed E-state index contributed by atoms with van der Waals surface area (Å²) in [6.45, 7) is 3.48. The van der Waals surface area contributed by atoms with Crippen molar-refractivity contribution >= 4 is 21.6 Å². The number of nitrogens with zero attached hydrogens (tertiary/aromatic N) is 1. The summed E-state index contributed by atoms with van der Waals surface area (Å²) < 4.78 is 51.7. The Kier molecular flexibility index (Phi) is 4.94. The number of carbonyl (C=O) groups is 1. The van der Waals surface area contributed by atoms with E-state index in [9.17, 15) is 22.0 Å². The Morgan fingerprint density at radius 1 is 1.19 bits per heavy atom. The molecule has 27 heavy (non-hydrogen) atoms. The van der Waals surface area contributed by atoms with E-state index < -0.39 is 27.7 Å². The summed E-state index contributed by atoms with van der Waals surface area (Å²) in [5.74, 6) is -2.29. The summed E-state index contributed by atoms with van der Waals surface area (Å²) in [5, 5.41) is 2.74. The van der Waals surface area contributed by atoms with Crippen molar-refractivity contribution in [1.29, 1.82) is 0 Å². The molecule has 1 aliphatic rings. The monoisotopic (exact) mass is 394 g/mol. The fourth-order valence-electron chi connectivity index (χ4n) is 3.39. The number of fused-ring (bicyclic) bond motifs is 1. The number of hydrogen-bond donors (Lipinski definition) is 1. The molecule has 2 aromatic carbocycles. The number of rotatable bonds is 4. The molecule has 5 nitrogen and oxygen atoms in total. The third kappa shape index (κ3) is 3.80. The normalized spacial score (nSPS) is 17.5. The summed E-state index contributed by atoms with van der Waals surface area (Å²) in [6.07, 6.45) is 1.67. The minimum absolute atomic E-state index is 0.213. The number of nitrogens with one attached hydrogen (secondary N) is 1. The summed E-state index contributed by atoms with van der Waals surface area (Å²) in [4.78, 5) is 12.5. The summed E-state index contributed by atoms with van der Waals surface area (Å²) in [7, 11) is -3.39. The van der Waals surface area contributed by atoms with Crippen LogP contribution >= 0.6 is 0 Å². The van der Waals surface area contributed by atoms with Gasteiger partial charge in [-0.3, -0.25) is 9.10 Å².